The summed E-state index contributed by atoms with van der Waals surface area (Å²) in [7, 11) is 0. The van der Waals surface area contributed by atoms with E-state index in [0.717, 1.165) is 27.5 Å². The van der Waals surface area contributed by atoms with Crippen LogP contribution in [0, 0.1) is 6.92 Å². The Morgan fingerprint density at radius 3 is 2.76 bits per heavy atom. The van der Waals surface area contributed by atoms with Gasteiger partial charge in [-0.05, 0) is 42.8 Å². The first-order chi connectivity index (χ1) is 12.1. The molecule has 0 spiro atoms. The quantitative estimate of drug-likeness (QED) is 0.671. The summed E-state index contributed by atoms with van der Waals surface area (Å²) in [6.07, 6.45) is 0. The highest BCUT2D eigenvalue weighted by atomic mass is 35.5. The van der Waals surface area contributed by atoms with Crippen molar-refractivity contribution in [2.45, 2.75) is 13.5 Å². The Kier molecular flexibility index (Phi) is 4.19. The van der Waals surface area contributed by atoms with E-state index in [9.17, 15) is 4.79 Å². The van der Waals surface area contributed by atoms with E-state index < -0.39 is 0 Å². The smallest absolute Gasteiger partial charge is 0.265 e. The minimum absolute atomic E-state index is 0.0513. The zero-order valence-electron chi connectivity index (χ0n) is 13.5. The summed E-state index contributed by atoms with van der Waals surface area (Å²) in [5.74, 6) is 0.651. The van der Waals surface area contributed by atoms with Crippen LogP contribution in [-0.2, 0) is 11.3 Å². The number of nitrogens with zero attached hydrogens (tertiary/aromatic N) is 2. The number of benzene rings is 2. The number of amides is 1. The second-order valence-corrected chi connectivity index (χ2v) is 7.33. The van der Waals surface area contributed by atoms with E-state index in [2.05, 4.69) is 4.98 Å². The van der Waals surface area contributed by atoms with Crippen LogP contribution in [0.4, 0.5) is 5.69 Å². The number of hydrogen-bond acceptors (Lipinski definition) is 4. The zero-order chi connectivity index (χ0) is 17.4. The molecule has 1 aliphatic heterocycles. The normalized spacial score (nSPS) is 13.5. The first-order valence-electron chi connectivity index (χ1n) is 7.84. The fraction of sp³-hybridized carbons (Fsp3) is 0.158. The van der Waals surface area contributed by atoms with Crippen molar-refractivity contribution >= 4 is 34.5 Å². The van der Waals surface area contributed by atoms with Gasteiger partial charge in [0.2, 0.25) is 0 Å². The first-order valence-corrected chi connectivity index (χ1v) is 9.10. The maximum Gasteiger partial charge on any atom is 0.265 e. The number of ether oxygens (including phenoxy) is 1. The molecule has 0 fully saturated rings. The fourth-order valence-electron chi connectivity index (χ4n) is 2.80. The van der Waals surface area contributed by atoms with E-state index in [1.807, 2.05) is 54.8 Å². The summed E-state index contributed by atoms with van der Waals surface area (Å²) < 4.78 is 5.59. The van der Waals surface area contributed by atoms with Gasteiger partial charge in [0.15, 0.2) is 6.61 Å². The molecule has 2 heterocycles. The summed E-state index contributed by atoms with van der Waals surface area (Å²) in [5.41, 5.74) is 3.67. The van der Waals surface area contributed by atoms with Crippen molar-refractivity contribution in [3.05, 3.63) is 63.4 Å². The number of thiazole rings is 1. The van der Waals surface area contributed by atoms with Gasteiger partial charge < -0.3 is 9.64 Å². The number of aromatic nitrogens is 1. The molecule has 4 nitrogen and oxygen atoms in total. The number of carbonyl (C=O) groups excluding carboxylic acids is 1. The van der Waals surface area contributed by atoms with E-state index in [0.29, 0.717) is 17.3 Å². The van der Waals surface area contributed by atoms with Gasteiger partial charge in [-0.25, -0.2) is 4.98 Å². The lowest BCUT2D eigenvalue weighted by atomic mass is 10.1. The van der Waals surface area contributed by atoms with Gasteiger partial charge in [0.05, 0.1) is 22.9 Å². The third kappa shape index (κ3) is 3.25. The standard InChI is InChI=1S/C19H15ClN2O2S/c1-12-21-16(11-25-12)14-4-7-18-17(8-14)22(19(23)10-24-18)9-13-2-5-15(20)6-3-13/h2-8,11H,9-10H2,1H3. The molecule has 0 N–H and O–H groups in total. The number of carbonyl (C=O) groups is 1. The van der Waals surface area contributed by atoms with Crippen molar-refractivity contribution in [2.24, 2.45) is 0 Å². The van der Waals surface area contributed by atoms with Gasteiger partial charge in [0.1, 0.15) is 5.75 Å². The van der Waals surface area contributed by atoms with Crippen LogP contribution >= 0.6 is 22.9 Å². The minimum Gasteiger partial charge on any atom is -0.482 e. The largest absolute Gasteiger partial charge is 0.482 e. The number of aryl methyl sites for hydroxylation is 1. The van der Waals surface area contributed by atoms with Crippen molar-refractivity contribution in [1.82, 2.24) is 4.98 Å². The SMILES string of the molecule is Cc1nc(-c2ccc3c(c2)N(Cc2ccc(Cl)cc2)C(=O)CO3)cs1. The highest BCUT2D eigenvalue weighted by Crippen LogP contribution is 2.37. The lowest BCUT2D eigenvalue weighted by molar-refractivity contribution is -0.121. The van der Waals surface area contributed by atoms with Gasteiger partial charge in [-0.1, -0.05) is 23.7 Å². The molecule has 0 atom stereocenters. The fourth-order valence-corrected chi connectivity index (χ4v) is 3.55. The number of fused-ring (bicyclic) bond motifs is 1. The van der Waals surface area contributed by atoms with Gasteiger partial charge in [0, 0.05) is 16.0 Å². The van der Waals surface area contributed by atoms with Gasteiger partial charge >= 0.3 is 0 Å². The average Bonchev–Trinajstić information content (AvgIpc) is 3.05. The highest BCUT2D eigenvalue weighted by Gasteiger charge is 2.26. The first kappa shape index (κ1) is 16.1. The van der Waals surface area contributed by atoms with Crippen molar-refractivity contribution in [1.29, 1.82) is 0 Å². The van der Waals surface area contributed by atoms with Crippen LogP contribution in [0.15, 0.2) is 47.8 Å². The maximum atomic E-state index is 12.4. The second kappa shape index (κ2) is 6.50. The number of rotatable bonds is 3. The molecule has 0 saturated heterocycles. The lowest BCUT2D eigenvalue weighted by Crippen LogP contribution is -2.38. The highest BCUT2D eigenvalue weighted by molar-refractivity contribution is 7.09. The van der Waals surface area contributed by atoms with Crippen LogP contribution in [0.2, 0.25) is 5.02 Å². The van der Waals surface area contributed by atoms with Gasteiger partial charge in [0.25, 0.3) is 5.91 Å². The molecule has 6 heteroatoms. The summed E-state index contributed by atoms with van der Waals surface area (Å²) >= 11 is 7.55. The molecular weight excluding hydrogens is 356 g/mol. The lowest BCUT2D eigenvalue weighted by Gasteiger charge is -2.30. The average molecular weight is 371 g/mol. The van der Waals surface area contributed by atoms with Crippen LogP contribution < -0.4 is 9.64 Å². The van der Waals surface area contributed by atoms with Crippen molar-refractivity contribution < 1.29 is 9.53 Å². The van der Waals surface area contributed by atoms with E-state index in [-0.39, 0.29) is 12.5 Å². The number of hydrogen-bond donors (Lipinski definition) is 0. The zero-order valence-corrected chi connectivity index (χ0v) is 15.1. The topological polar surface area (TPSA) is 42.4 Å². The van der Waals surface area contributed by atoms with Crippen LogP contribution in [0.1, 0.15) is 10.6 Å². The van der Waals surface area contributed by atoms with E-state index in [1.165, 1.54) is 0 Å². The Labute approximate surface area is 154 Å². The van der Waals surface area contributed by atoms with Crippen LogP contribution in [-0.4, -0.2) is 17.5 Å². The number of anilines is 1. The molecular formula is C19H15ClN2O2S. The van der Waals surface area contributed by atoms with Crippen molar-refractivity contribution in [3.8, 4) is 17.0 Å². The Bertz CT molecular complexity index is 937. The molecule has 126 valence electrons. The molecule has 0 aliphatic carbocycles. The van der Waals surface area contributed by atoms with Gasteiger partial charge in [-0.3, -0.25) is 4.79 Å². The Balaban J connectivity index is 1.71. The van der Waals surface area contributed by atoms with Crippen molar-refractivity contribution in [3.63, 3.8) is 0 Å². The predicted molar refractivity (Wildman–Crippen MR) is 100 cm³/mol. The van der Waals surface area contributed by atoms with Crippen molar-refractivity contribution in [2.75, 3.05) is 11.5 Å². The molecule has 0 bridgehead atoms. The molecule has 0 saturated carbocycles. The molecule has 2 aromatic carbocycles. The molecule has 3 aromatic rings. The molecule has 1 aromatic heterocycles. The van der Waals surface area contributed by atoms with E-state index in [1.54, 1.807) is 16.2 Å². The van der Waals surface area contributed by atoms with Gasteiger partial charge in [-0.15, -0.1) is 11.3 Å². The predicted octanol–water partition coefficient (Wildman–Crippen LogP) is 4.70. The number of halogens is 1. The molecule has 4 rings (SSSR count). The minimum atomic E-state index is -0.0611. The van der Waals surface area contributed by atoms with Gasteiger partial charge in [-0.2, -0.15) is 0 Å². The Morgan fingerprint density at radius 1 is 1.24 bits per heavy atom. The summed E-state index contributed by atoms with van der Waals surface area (Å²) in [6.45, 7) is 2.51. The Hall–Kier alpha value is -2.37. The third-order valence-electron chi connectivity index (χ3n) is 4.07. The molecule has 1 amide bonds. The monoisotopic (exact) mass is 370 g/mol. The molecule has 0 radical (unpaired) electrons. The molecule has 0 unspecified atom stereocenters. The van der Waals surface area contributed by atoms with Crippen LogP contribution in [0.3, 0.4) is 0 Å². The summed E-state index contributed by atoms with van der Waals surface area (Å²) in [4.78, 5) is 18.7. The Morgan fingerprint density at radius 2 is 2.04 bits per heavy atom. The summed E-state index contributed by atoms with van der Waals surface area (Å²) in [5, 5.41) is 3.71. The third-order valence-corrected chi connectivity index (χ3v) is 5.10. The molecule has 1 aliphatic rings. The van der Waals surface area contributed by atoms with Crippen LogP contribution in [0.25, 0.3) is 11.3 Å². The van der Waals surface area contributed by atoms with E-state index >= 15 is 0 Å². The maximum absolute atomic E-state index is 12.4. The second-order valence-electron chi connectivity index (χ2n) is 5.83. The van der Waals surface area contributed by atoms with E-state index in [4.69, 9.17) is 16.3 Å². The summed E-state index contributed by atoms with van der Waals surface area (Å²) in [6, 6.07) is 13.4. The van der Waals surface area contributed by atoms with Crippen LogP contribution in [0.5, 0.6) is 5.75 Å². The molecule has 25 heavy (non-hydrogen) atoms.